The van der Waals surface area contributed by atoms with Gasteiger partial charge >= 0.3 is 0 Å². The van der Waals surface area contributed by atoms with Crippen LogP contribution in [0.5, 0.6) is 5.75 Å². The Morgan fingerprint density at radius 3 is 3.05 bits per heavy atom. The summed E-state index contributed by atoms with van der Waals surface area (Å²) in [5, 5.41) is 13.7. The smallest absolute Gasteiger partial charge is 0.119 e. The quantitative estimate of drug-likeness (QED) is 0.871. The topological polar surface area (TPSA) is 50.7 Å². The number of aliphatic hydroxyl groups is 1. The molecule has 0 spiro atoms. The molecule has 0 amide bonds. The first-order valence-corrected chi connectivity index (χ1v) is 7.92. The molecule has 2 atom stereocenters. The molecule has 2 aliphatic rings. The number of hydrogen-bond acceptors (Lipinski definition) is 4. The van der Waals surface area contributed by atoms with Crippen LogP contribution in [0, 0.1) is 0 Å². The lowest BCUT2D eigenvalue weighted by molar-refractivity contribution is 0.0814. The molecule has 1 saturated heterocycles. The highest BCUT2D eigenvalue weighted by molar-refractivity contribution is 5.42. The summed E-state index contributed by atoms with van der Waals surface area (Å²) in [6, 6.07) is 6.20. The van der Waals surface area contributed by atoms with Crippen molar-refractivity contribution in [3.63, 3.8) is 0 Å². The number of benzene rings is 1. The lowest BCUT2D eigenvalue weighted by atomic mass is 9.76. The van der Waals surface area contributed by atoms with Crippen LogP contribution in [0.25, 0.3) is 0 Å². The van der Waals surface area contributed by atoms with Gasteiger partial charge < -0.3 is 19.9 Å². The monoisotopic (exact) mass is 291 g/mol. The Kier molecular flexibility index (Phi) is 4.48. The van der Waals surface area contributed by atoms with Crippen LogP contribution in [-0.4, -0.2) is 38.1 Å². The highest BCUT2D eigenvalue weighted by Gasteiger charge is 2.36. The summed E-state index contributed by atoms with van der Waals surface area (Å²) in [6.45, 7) is 1.80. The molecule has 116 valence electrons. The van der Waals surface area contributed by atoms with E-state index in [-0.39, 0.29) is 18.2 Å². The molecule has 1 fully saturated rings. The van der Waals surface area contributed by atoms with Gasteiger partial charge in [-0.3, -0.25) is 0 Å². The lowest BCUT2D eigenvalue weighted by Crippen LogP contribution is -2.50. The minimum absolute atomic E-state index is 0.124. The van der Waals surface area contributed by atoms with Crippen LogP contribution in [0.3, 0.4) is 0 Å². The van der Waals surface area contributed by atoms with Gasteiger partial charge in [-0.05, 0) is 55.4 Å². The maximum atomic E-state index is 10.1. The maximum absolute atomic E-state index is 10.1. The second kappa shape index (κ2) is 6.34. The summed E-state index contributed by atoms with van der Waals surface area (Å²) in [5.41, 5.74) is 2.18. The van der Waals surface area contributed by atoms with Crippen molar-refractivity contribution >= 4 is 0 Å². The van der Waals surface area contributed by atoms with E-state index in [9.17, 15) is 5.11 Å². The maximum Gasteiger partial charge on any atom is 0.119 e. The fraction of sp³-hybridized carbons (Fsp3) is 0.647. The minimum atomic E-state index is -0.328. The van der Waals surface area contributed by atoms with Crippen LogP contribution in [0.1, 0.15) is 36.8 Å². The zero-order valence-corrected chi connectivity index (χ0v) is 12.7. The summed E-state index contributed by atoms with van der Waals surface area (Å²) in [7, 11) is 1.69. The fourth-order valence-corrected chi connectivity index (χ4v) is 3.60. The van der Waals surface area contributed by atoms with Gasteiger partial charge in [0.1, 0.15) is 5.75 Å². The largest absolute Gasteiger partial charge is 0.497 e. The molecule has 2 unspecified atom stereocenters. The number of aryl methyl sites for hydroxylation is 1. The van der Waals surface area contributed by atoms with E-state index in [1.165, 1.54) is 11.1 Å². The van der Waals surface area contributed by atoms with Gasteiger partial charge in [-0.1, -0.05) is 6.07 Å². The van der Waals surface area contributed by atoms with Crippen molar-refractivity contribution < 1.29 is 14.6 Å². The van der Waals surface area contributed by atoms with Crippen LogP contribution < -0.4 is 10.1 Å². The Morgan fingerprint density at radius 2 is 2.33 bits per heavy atom. The van der Waals surface area contributed by atoms with Crippen molar-refractivity contribution in [1.82, 2.24) is 5.32 Å². The Hall–Kier alpha value is -1.10. The van der Waals surface area contributed by atoms with E-state index in [1.807, 2.05) is 6.07 Å². The molecule has 0 aromatic heterocycles. The first-order valence-electron chi connectivity index (χ1n) is 7.92. The van der Waals surface area contributed by atoms with E-state index >= 15 is 0 Å². The van der Waals surface area contributed by atoms with Crippen molar-refractivity contribution in [2.75, 3.05) is 26.9 Å². The van der Waals surface area contributed by atoms with Crippen LogP contribution in [0.15, 0.2) is 18.2 Å². The summed E-state index contributed by atoms with van der Waals surface area (Å²) in [6.07, 6.45) is 5.65. The number of rotatable bonds is 5. The van der Waals surface area contributed by atoms with Crippen molar-refractivity contribution in [3.05, 3.63) is 29.3 Å². The molecule has 0 saturated carbocycles. The van der Waals surface area contributed by atoms with Gasteiger partial charge in [-0.15, -0.1) is 0 Å². The zero-order valence-electron chi connectivity index (χ0n) is 12.7. The molecule has 1 aliphatic carbocycles. The van der Waals surface area contributed by atoms with E-state index in [4.69, 9.17) is 9.47 Å². The summed E-state index contributed by atoms with van der Waals surface area (Å²) in [5.74, 6) is 0.890. The number of methoxy groups -OCH3 is 1. The summed E-state index contributed by atoms with van der Waals surface area (Å²) >= 11 is 0. The molecule has 21 heavy (non-hydrogen) atoms. The molecule has 1 aromatic rings. The number of ether oxygens (including phenoxy) is 2. The van der Waals surface area contributed by atoms with Crippen LogP contribution in [-0.2, 0) is 16.7 Å². The zero-order chi connectivity index (χ0) is 14.7. The molecule has 1 aromatic carbocycles. The third-order valence-electron chi connectivity index (χ3n) is 4.84. The van der Waals surface area contributed by atoms with E-state index < -0.39 is 0 Å². The van der Waals surface area contributed by atoms with Gasteiger partial charge in [0.15, 0.2) is 0 Å². The second-order valence-corrected chi connectivity index (χ2v) is 6.13. The van der Waals surface area contributed by atoms with Crippen LogP contribution in [0.2, 0.25) is 0 Å². The highest BCUT2D eigenvalue weighted by atomic mass is 16.5. The van der Waals surface area contributed by atoms with Crippen molar-refractivity contribution in [1.29, 1.82) is 0 Å². The van der Waals surface area contributed by atoms with Gasteiger partial charge in [0.05, 0.1) is 25.4 Å². The summed E-state index contributed by atoms with van der Waals surface area (Å²) in [4.78, 5) is 0. The second-order valence-electron chi connectivity index (χ2n) is 6.13. The van der Waals surface area contributed by atoms with E-state index in [0.29, 0.717) is 0 Å². The SMILES string of the molecule is COc1ccc2c(c1)CCCC2(CO)NCC1CCCO1. The number of nitrogens with one attached hydrogen (secondary N) is 1. The molecule has 2 N–H and O–H groups in total. The Morgan fingerprint density at radius 1 is 1.43 bits per heavy atom. The van der Waals surface area contributed by atoms with Crippen LogP contribution >= 0.6 is 0 Å². The molecule has 0 bridgehead atoms. The molecule has 4 nitrogen and oxygen atoms in total. The van der Waals surface area contributed by atoms with Gasteiger partial charge in [-0.2, -0.15) is 0 Å². The third kappa shape index (κ3) is 2.93. The normalized spacial score (nSPS) is 28.4. The van der Waals surface area contributed by atoms with Gasteiger partial charge in [-0.25, -0.2) is 0 Å². The van der Waals surface area contributed by atoms with Crippen molar-refractivity contribution in [2.24, 2.45) is 0 Å². The first-order chi connectivity index (χ1) is 10.3. The van der Waals surface area contributed by atoms with Gasteiger partial charge in [0.25, 0.3) is 0 Å². The Labute approximate surface area is 126 Å². The molecule has 1 heterocycles. The molecule has 0 radical (unpaired) electrons. The standard InChI is InChI=1S/C17H25NO3/c1-20-14-6-7-16-13(10-14)4-2-8-17(16,12-19)18-11-15-5-3-9-21-15/h6-7,10,15,18-19H,2-5,8-9,11-12H2,1H3. The van der Waals surface area contributed by atoms with Gasteiger partial charge in [0.2, 0.25) is 0 Å². The van der Waals surface area contributed by atoms with Crippen molar-refractivity contribution in [2.45, 2.75) is 43.7 Å². The summed E-state index contributed by atoms with van der Waals surface area (Å²) < 4.78 is 11.0. The number of hydrogen-bond donors (Lipinski definition) is 2. The average Bonchev–Trinajstić information content (AvgIpc) is 3.05. The van der Waals surface area contributed by atoms with Gasteiger partial charge in [0, 0.05) is 13.2 Å². The van der Waals surface area contributed by atoms with E-state index in [2.05, 4.69) is 17.4 Å². The molecule has 1 aliphatic heterocycles. The molecular formula is C17H25NO3. The average molecular weight is 291 g/mol. The molecular weight excluding hydrogens is 266 g/mol. The van der Waals surface area contributed by atoms with E-state index in [1.54, 1.807) is 7.11 Å². The molecule has 3 rings (SSSR count). The lowest BCUT2D eigenvalue weighted by Gasteiger charge is -2.39. The predicted molar refractivity (Wildman–Crippen MR) is 81.7 cm³/mol. The Balaban J connectivity index is 1.81. The Bertz CT molecular complexity index is 485. The minimum Gasteiger partial charge on any atom is -0.497 e. The third-order valence-corrected chi connectivity index (χ3v) is 4.84. The van der Waals surface area contributed by atoms with Crippen LogP contribution in [0.4, 0.5) is 0 Å². The fourth-order valence-electron chi connectivity index (χ4n) is 3.60. The first kappa shape index (κ1) is 14.8. The predicted octanol–water partition coefficient (Wildman–Crippen LogP) is 1.99. The van der Waals surface area contributed by atoms with E-state index in [0.717, 1.165) is 51.0 Å². The number of aliphatic hydroxyl groups excluding tert-OH is 1. The number of fused-ring (bicyclic) bond motifs is 1. The molecule has 4 heteroatoms. The van der Waals surface area contributed by atoms with Crippen molar-refractivity contribution in [3.8, 4) is 5.75 Å². The highest BCUT2D eigenvalue weighted by Crippen LogP contribution is 2.37.